The van der Waals surface area contributed by atoms with Gasteiger partial charge in [0.05, 0.1) is 34.4 Å². The van der Waals surface area contributed by atoms with Gasteiger partial charge in [-0.3, -0.25) is 9.59 Å². The van der Waals surface area contributed by atoms with Crippen LogP contribution >= 0.6 is 0 Å². The molecule has 0 fully saturated rings. The number of unbranched alkanes of at least 4 members (excludes halogenated alkanes) is 36. The summed E-state index contributed by atoms with van der Waals surface area (Å²) in [5.74, 6) is -1.45. The lowest BCUT2D eigenvalue weighted by Gasteiger charge is -2.31. The molecule has 0 bridgehead atoms. The topological polar surface area (TPSA) is 99.1 Å². The molecular weight excluding hydrogens is 847 g/mol. The van der Waals surface area contributed by atoms with E-state index in [1.54, 1.807) is 0 Å². The first kappa shape index (κ1) is 65.8. The first-order valence-corrected chi connectivity index (χ1v) is 29.4. The average Bonchev–Trinajstić information content (AvgIpc) is 3.30. The van der Waals surface area contributed by atoms with E-state index in [1.807, 2.05) is 21.1 Å². The number of carbonyl (C=O) groups is 3. The molecule has 0 saturated carbocycles. The van der Waals surface area contributed by atoms with Crippen LogP contribution in [0.5, 0.6) is 0 Å². The molecule has 400 valence electrons. The predicted octanol–water partition coefficient (Wildman–Crippen LogP) is 17.5. The van der Waals surface area contributed by atoms with Gasteiger partial charge in [-0.1, -0.05) is 250 Å². The highest BCUT2D eigenvalue weighted by molar-refractivity contribution is 5.72. The smallest absolute Gasteiger partial charge is 0.362 e. The van der Waals surface area contributed by atoms with E-state index in [4.69, 9.17) is 14.2 Å². The van der Waals surface area contributed by atoms with Crippen molar-refractivity contribution in [1.82, 2.24) is 0 Å². The molecule has 0 saturated heterocycles. The van der Waals surface area contributed by atoms with Crippen LogP contribution in [0.3, 0.4) is 0 Å². The second kappa shape index (κ2) is 51.2. The van der Waals surface area contributed by atoms with Crippen LogP contribution in [0, 0.1) is 0 Å². The van der Waals surface area contributed by atoms with Crippen LogP contribution in [-0.4, -0.2) is 80.6 Å². The fourth-order valence-electron chi connectivity index (χ4n) is 9.07. The molecule has 2 unspecified atom stereocenters. The number of esters is 2. The average molecular weight is 962 g/mol. The second-order valence-corrected chi connectivity index (χ2v) is 21.3. The number of quaternary nitrogens is 1. The zero-order valence-electron chi connectivity index (χ0n) is 45.8. The minimum absolute atomic E-state index is 0.0499. The molecule has 0 heterocycles. The van der Waals surface area contributed by atoms with Gasteiger partial charge in [0.15, 0.2) is 12.1 Å². The Morgan fingerprint density at radius 1 is 0.441 bits per heavy atom. The van der Waals surface area contributed by atoms with Crippen molar-refractivity contribution in [2.75, 3.05) is 41.0 Å². The summed E-state index contributed by atoms with van der Waals surface area (Å²) < 4.78 is 17.4. The van der Waals surface area contributed by atoms with Crippen LogP contribution in [0.1, 0.15) is 290 Å². The molecule has 0 rings (SSSR count). The lowest BCUT2D eigenvalue weighted by molar-refractivity contribution is -0.887. The van der Waals surface area contributed by atoms with Crippen molar-refractivity contribution in [3.8, 4) is 0 Å². The molecule has 0 spiro atoms. The van der Waals surface area contributed by atoms with Crippen molar-refractivity contribution >= 4 is 17.9 Å². The van der Waals surface area contributed by atoms with Gasteiger partial charge < -0.3 is 23.8 Å². The molecule has 8 nitrogen and oxygen atoms in total. The Labute approximate surface area is 421 Å². The molecule has 2 atom stereocenters. The molecular formula is C60H114NO7+. The molecule has 0 aliphatic rings. The van der Waals surface area contributed by atoms with Gasteiger partial charge in [-0.15, -0.1) is 0 Å². The quantitative estimate of drug-likeness (QED) is 0.0281. The van der Waals surface area contributed by atoms with E-state index >= 15 is 0 Å². The molecule has 0 aromatic carbocycles. The Morgan fingerprint density at radius 2 is 0.779 bits per heavy atom. The molecule has 0 radical (unpaired) electrons. The van der Waals surface area contributed by atoms with Crippen molar-refractivity contribution in [2.45, 2.75) is 302 Å². The van der Waals surface area contributed by atoms with Gasteiger partial charge in [0.1, 0.15) is 6.61 Å². The number of carbonyl (C=O) groups excluding carboxylic acids is 2. The highest BCUT2D eigenvalue weighted by Gasteiger charge is 2.31. The SMILES string of the molecule is CCCCCCCCCC/C=C/C/C=C/CCCCCCCCCC(=O)OCC(COCCC(C(=O)O)[N+](C)(C)C)OC(=O)CCCCCCCCCCCCCCCCCCCCCCCC. The fourth-order valence-corrected chi connectivity index (χ4v) is 9.07. The standard InChI is InChI=1S/C60H113NO7/c1-6-8-10-12-14-16-18-20-22-24-26-28-30-32-34-36-38-40-42-44-46-48-50-58(62)67-55-56(54-66-53-52-57(60(64)65)61(3,4)5)68-59(63)51-49-47-45-43-41-39-37-35-33-31-29-27-25-23-21-19-17-15-13-11-9-7-2/h24,26,30,32,56-57H,6-23,25,27-29,31,33-55H2,1-5H3/p+1/b26-24+,32-30+. The first-order valence-electron chi connectivity index (χ1n) is 29.4. The predicted molar refractivity (Wildman–Crippen MR) is 289 cm³/mol. The van der Waals surface area contributed by atoms with Crippen LogP contribution in [0.2, 0.25) is 0 Å². The maximum Gasteiger partial charge on any atom is 0.362 e. The third-order valence-electron chi connectivity index (χ3n) is 13.6. The molecule has 0 aliphatic carbocycles. The Kier molecular flexibility index (Phi) is 49.5. The van der Waals surface area contributed by atoms with Crippen LogP contribution in [0.25, 0.3) is 0 Å². The summed E-state index contributed by atoms with van der Waals surface area (Å²) >= 11 is 0. The van der Waals surface area contributed by atoms with E-state index in [0.717, 1.165) is 51.4 Å². The summed E-state index contributed by atoms with van der Waals surface area (Å²) in [6, 6.07) is -0.614. The zero-order chi connectivity index (χ0) is 49.9. The molecule has 0 aliphatic heterocycles. The lowest BCUT2D eigenvalue weighted by atomic mass is 10.0. The highest BCUT2D eigenvalue weighted by atomic mass is 16.6. The number of allylic oxidation sites excluding steroid dienone is 4. The van der Waals surface area contributed by atoms with Gasteiger partial charge in [-0.25, -0.2) is 4.79 Å². The summed E-state index contributed by atoms with van der Waals surface area (Å²) in [5.41, 5.74) is 0. The number of ether oxygens (including phenoxy) is 3. The van der Waals surface area contributed by atoms with Gasteiger partial charge in [0, 0.05) is 19.3 Å². The van der Waals surface area contributed by atoms with Gasteiger partial charge >= 0.3 is 17.9 Å². The minimum Gasteiger partial charge on any atom is -0.477 e. The number of carboxylic acids is 1. The molecule has 0 amide bonds. The first-order chi connectivity index (χ1) is 33.1. The fraction of sp³-hybridized carbons (Fsp3) is 0.883. The van der Waals surface area contributed by atoms with E-state index in [2.05, 4.69) is 38.2 Å². The molecule has 0 aromatic rings. The van der Waals surface area contributed by atoms with Crippen molar-refractivity contribution in [2.24, 2.45) is 0 Å². The number of likely N-dealkylation sites (N-methyl/N-ethyl adjacent to an activating group) is 1. The largest absolute Gasteiger partial charge is 0.477 e. The summed E-state index contributed by atoms with van der Waals surface area (Å²) in [5, 5.41) is 9.68. The summed E-state index contributed by atoms with van der Waals surface area (Å²) in [7, 11) is 5.55. The molecule has 1 N–H and O–H groups in total. The number of aliphatic carboxylic acids is 1. The van der Waals surface area contributed by atoms with Crippen molar-refractivity contribution < 1.29 is 38.2 Å². The zero-order valence-corrected chi connectivity index (χ0v) is 45.8. The maximum atomic E-state index is 12.8. The molecule has 8 heteroatoms. The van der Waals surface area contributed by atoms with E-state index in [0.29, 0.717) is 19.3 Å². The van der Waals surface area contributed by atoms with Gasteiger partial charge in [-0.2, -0.15) is 0 Å². The Morgan fingerprint density at radius 3 is 1.13 bits per heavy atom. The molecule has 0 aromatic heterocycles. The monoisotopic (exact) mass is 961 g/mol. The van der Waals surface area contributed by atoms with E-state index in [-0.39, 0.29) is 36.2 Å². The number of rotatable bonds is 54. The normalized spacial score (nSPS) is 12.9. The second-order valence-electron chi connectivity index (χ2n) is 21.3. The van der Waals surface area contributed by atoms with E-state index in [1.165, 1.54) is 205 Å². The van der Waals surface area contributed by atoms with E-state index in [9.17, 15) is 19.5 Å². The van der Waals surface area contributed by atoms with Crippen LogP contribution in [0.4, 0.5) is 0 Å². The summed E-state index contributed by atoms with van der Waals surface area (Å²) in [4.78, 5) is 37.3. The van der Waals surface area contributed by atoms with Crippen molar-refractivity contribution in [3.05, 3.63) is 24.3 Å². The number of hydrogen-bond donors (Lipinski definition) is 1. The van der Waals surface area contributed by atoms with Gasteiger partial charge in [0.25, 0.3) is 0 Å². The highest BCUT2D eigenvalue weighted by Crippen LogP contribution is 2.17. The summed E-state index contributed by atoms with van der Waals surface area (Å²) in [6.45, 7) is 4.79. The number of nitrogens with zero attached hydrogens (tertiary/aromatic N) is 1. The number of carboxylic acid groups (broad SMARTS) is 1. The lowest BCUT2D eigenvalue weighted by Crippen LogP contribution is -2.50. The van der Waals surface area contributed by atoms with E-state index < -0.39 is 18.1 Å². The van der Waals surface area contributed by atoms with Crippen molar-refractivity contribution in [3.63, 3.8) is 0 Å². The molecule has 68 heavy (non-hydrogen) atoms. The maximum absolute atomic E-state index is 12.8. The third-order valence-corrected chi connectivity index (χ3v) is 13.6. The summed E-state index contributed by atoms with van der Waals surface area (Å²) in [6.07, 6.45) is 61.0. The van der Waals surface area contributed by atoms with Gasteiger partial charge in [-0.05, 0) is 44.9 Å². The third kappa shape index (κ3) is 48.8. The number of hydrogen-bond acceptors (Lipinski definition) is 6. The minimum atomic E-state index is -0.871. The Hall–Kier alpha value is -2.19. The van der Waals surface area contributed by atoms with Crippen LogP contribution in [0.15, 0.2) is 24.3 Å². The van der Waals surface area contributed by atoms with Crippen LogP contribution in [-0.2, 0) is 28.6 Å². The van der Waals surface area contributed by atoms with Gasteiger partial charge in [0.2, 0.25) is 0 Å². The van der Waals surface area contributed by atoms with Crippen LogP contribution < -0.4 is 0 Å². The Balaban J connectivity index is 4.14. The Bertz CT molecular complexity index is 1160. The van der Waals surface area contributed by atoms with Crippen molar-refractivity contribution in [1.29, 1.82) is 0 Å².